The van der Waals surface area contributed by atoms with E-state index in [1.807, 2.05) is 38.1 Å². The number of hydrogen-bond acceptors (Lipinski definition) is 2. The van der Waals surface area contributed by atoms with Gasteiger partial charge in [0, 0.05) is 6.42 Å². The Kier molecular flexibility index (Phi) is 3.49. The minimum Gasteiger partial charge on any atom is -0.342 e. The highest BCUT2D eigenvalue weighted by atomic mass is 16.7. The molecule has 2 rings (SSSR count). The summed E-state index contributed by atoms with van der Waals surface area (Å²) in [6.45, 7) is 7.47. The van der Waals surface area contributed by atoms with E-state index in [2.05, 4.69) is 24.4 Å². The summed E-state index contributed by atoms with van der Waals surface area (Å²) < 4.78 is 11.7. The third-order valence-corrected chi connectivity index (χ3v) is 2.78. The number of ether oxygens (including phenoxy) is 2. The van der Waals surface area contributed by atoms with Crippen LogP contribution in [0.4, 0.5) is 0 Å². The maximum absolute atomic E-state index is 5.95. The first kappa shape index (κ1) is 12.1. The molecule has 1 aliphatic heterocycles. The molecular formula is C15H18O2. The average molecular weight is 230 g/mol. The Labute approximate surface area is 103 Å². The molecule has 1 fully saturated rings. The van der Waals surface area contributed by atoms with Crippen LogP contribution >= 0.6 is 0 Å². The van der Waals surface area contributed by atoms with Crippen molar-refractivity contribution in [3.63, 3.8) is 0 Å². The largest absolute Gasteiger partial charge is 0.342 e. The van der Waals surface area contributed by atoms with Crippen LogP contribution in [0.1, 0.15) is 31.9 Å². The summed E-state index contributed by atoms with van der Waals surface area (Å²) >= 11 is 0. The van der Waals surface area contributed by atoms with E-state index in [4.69, 9.17) is 9.47 Å². The van der Waals surface area contributed by atoms with Crippen LogP contribution in [0.5, 0.6) is 0 Å². The van der Waals surface area contributed by atoms with Gasteiger partial charge in [-0.05, 0) is 25.5 Å². The first-order valence-electron chi connectivity index (χ1n) is 5.87. The molecule has 0 saturated carbocycles. The van der Waals surface area contributed by atoms with Crippen molar-refractivity contribution in [1.29, 1.82) is 0 Å². The van der Waals surface area contributed by atoms with E-state index >= 15 is 0 Å². The second kappa shape index (κ2) is 4.89. The van der Waals surface area contributed by atoms with Gasteiger partial charge in [-0.3, -0.25) is 0 Å². The van der Waals surface area contributed by atoms with Crippen LogP contribution in [0.25, 0.3) is 0 Å². The van der Waals surface area contributed by atoms with Gasteiger partial charge in [0.1, 0.15) is 0 Å². The molecule has 1 saturated heterocycles. The number of hydrogen-bond donors (Lipinski definition) is 0. The lowest BCUT2D eigenvalue weighted by Crippen LogP contribution is -2.40. The molecule has 0 aromatic heterocycles. The smallest absolute Gasteiger partial charge is 0.164 e. The summed E-state index contributed by atoms with van der Waals surface area (Å²) in [6.07, 6.45) is 2.74. The molecule has 1 heterocycles. The van der Waals surface area contributed by atoms with Crippen molar-refractivity contribution in [3.8, 4) is 0 Å². The first-order chi connectivity index (χ1) is 8.11. The van der Waals surface area contributed by atoms with Crippen molar-refractivity contribution in [1.82, 2.24) is 0 Å². The van der Waals surface area contributed by atoms with E-state index in [1.165, 1.54) is 5.56 Å². The zero-order valence-corrected chi connectivity index (χ0v) is 10.3. The molecular weight excluding hydrogens is 212 g/mol. The lowest BCUT2D eigenvalue weighted by Gasteiger charge is -2.39. The highest BCUT2D eigenvalue weighted by molar-refractivity contribution is 5.18. The van der Waals surface area contributed by atoms with Gasteiger partial charge < -0.3 is 9.47 Å². The molecule has 0 radical (unpaired) electrons. The zero-order chi connectivity index (χ0) is 12.3. The fraction of sp³-hybridized carbons (Fsp3) is 0.400. The SMILES string of the molecule is C=C=CC1CC(c2ccccc2)OC(C)(C)O1. The molecule has 0 bridgehead atoms. The van der Waals surface area contributed by atoms with Gasteiger partial charge in [0.25, 0.3) is 0 Å². The predicted octanol–water partition coefficient (Wildman–Crippen LogP) is 3.61. The van der Waals surface area contributed by atoms with Gasteiger partial charge in [-0.2, -0.15) is 0 Å². The van der Waals surface area contributed by atoms with Crippen molar-refractivity contribution < 1.29 is 9.47 Å². The van der Waals surface area contributed by atoms with Crippen molar-refractivity contribution in [2.75, 3.05) is 0 Å². The summed E-state index contributed by atoms with van der Waals surface area (Å²) in [5.74, 6) is -0.573. The maximum atomic E-state index is 5.95. The quantitative estimate of drug-likeness (QED) is 0.722. The van der Waals surface area contributed by atoms with E-state index in [9.17, 15) is 0 Å². The van der Waals surface area contributed by atoms with E-state index in [0.29, 0.717) is 0 Å². The average Bonchev–Trinajstić information content (AvgIpc) is 2.28. The molecule has 17 heavy (non-hydrogen) atoms. The molecule has 2 nitrogen and oxygen atoms in total. The van der Waals surface area contributed by atoms with Gasteiger partial charge in [0.15, 0.2) is 5.79 Å². The highest BCUT2D eigenvalue weighted by Gasteiger charge is 2.34. The Morgan fingerprint density at radius 1 is 1.29 bits per heavy atom. The molecule has 2 atom stereocenters. The summed E-state index contributed by atoms with van der Waals surface area (Å²) in [5.41, 5.74) is 3.98. The highest BCUT2D eigenvalue weighted by Crippen LogP contribution is 2.36. The molecule has 0 aliphatic carbocycles. The Morgan fingerprint density at radius 2 is 2.00 bits per heavy atom. The lowest BCUT2D eigenvalue weighted by atomic mass is 10.0. The Morgan fingerprint density at radius 3 is 2.65 bits per heavy atom. The summed E-state index contributed by atoms with van der Waals surface area (Å²) in [4.78, 5) is 0. The Balaban J connectivity index is 2.21. The minimum absolute atomic E-state index is 0.0152. The van der Waals surface area contributed by atoms with E-state index in [-0.39, 0.29) is 12.2 Å². The monoisotopic (exact) mass is 230 g/mol. The number of rotatable bonds is 2. The second-order valence-electron chi connectivity index (χ2n) is 4.68. The Hall–Kier alpha value is -1.34. The molecule has 0 spiro atoms. The van der Waals surface area contributed by atoms with Gasteiger partial charge in [0.05, 0.1) is 12.2 Å². The fourth-order valence-corrected chi connectivity index (χ4v) is 2.15. The van der Waals surface area contributed by atoms with Crippen LogP contribution < -0.4 is 0 Å². The van der Waals surface area contributed by atoms with Crippen LogP contribution in [0, 0.1) is 0 Å². The van der Waals surface area contributed by atoms with Crippen molar-refractivity contribution in [2.45, 2.75) is 38.3 Å². The van der Waals surface area contributed by atoms with Crippen LogP contribution in [-0.4, -0.2) is 11.9 Å². The standard InChI is InChI=1S/C15H18O2/c1-4-8-13-11-14(17-15(2,3)16-13)12-9-6-5-7-10-12/h5-10,13-14H,1,11H2,2-3H3. The van der Waals surface area contributed by atoms with Crippen molar-refractivity contribution in [3.05, 3.63) is 54.3 Å². The van der Waals surface area contributed by atoms with E-state index < -0.39 is 5.79 Å². The third kappa shape index (κ3) is 3.07. The van der Waals surface area contributed by atoms with Gasteiger partial charge in [-0.25, -0.2) is 0 Å². The van der Waals surface area contributed by atoms with Crippen LogP contribution in [0.15, 0.2) is 48.7 Å². The lowest BCUT2D eigenvalue weighted by molar-refractivity contribution is -0.292. The molecule has 0 N–H and O–H groups in total. The van der Waals surface area contributed by atoms with E-state index in [1.54, 1.807) is 0 Å². The molecule has 0 amide bonds. The predicted molar refractivity (Wildman–Crippen MR) is 67.5 cm³/mol. The van der Waals surface area contributed by atoms with Gasteiger partial charge in [0.2, 0.25) is 0 Å². The zero-order valence-electron chi connectivity index (χ0n) is 10.3. The molecule has 1 aliphatic rings. The maximum Gasteiger partial charge on any atom is 0.164 e. The van der Waals surface area contributed by atoms with Crippen molar-refractivity contribution in [2.24, 2.45) is 0 Å². The normalized spacial score (nSPS) is 27.2. The Bertz CT molecular complexity index is 416. The minimum atomic E-state index is -0.573. The second-order valence-corrected chi connectivity index (χ2v) is 4.68. The first-order valence-corrected chi connectivity index (χ1v) is 5.87. The fourth-order valence-electron chi connectivity index (χ4n) is 2.15. The molecule has 2 heteroatoms. The molecule has 1 aromatic rings. The van der Waals surface area contributed by atoms with Gasteiger partial charge in [-0.1, -0.05) is 36.9 Å². The third-order valence-electron chi connectivity index (χ3n) is 2.78. The summed E-state index contributed by atoms with van der Waals surface area (Å²) in [7, 11) is 0. The van der Waals surface area contributed by atoms with Crippen LogP contribution in [-0.2, 0) is 9.47 Å². The van der Waals surface area contributed by atoms with Gasteiger partial charge in [-0.15, -0.1) is 5.73 Å². The van der Waals surface area contributed by atoms with Crippen LogP contribution in [0.2, 0.25) is 0 Å². The summed E-state index contributed by atoms with van der Waals surface area (Å²) in [5, 5.41) is 0. The van der Waals surface area contributed by atoms with Crippen molar-refractivity contribution >= 4 is 0 Å². The molecule has 2 unspecified atom stereocenters. The summed E-state index contributed by atoms with van der Waals surface area (Å²) in [6, 6.07) is 10.2. The number of benzene rings is 1. The molecule has 90 valence electrons. The van der Waals surface area contributed by atoms with Gasteiger partial charge >= 0.3 is 0 Å². The topological polar surface area (TPSA) is 18.5 Å². The van der Waals surface area contributed by atoms with Crippen LogP contribution in [0.3, 0.4) is 0 Å². The van der Waals surface area contributed by atoms with E-state index in [0.717, 1.165) is 6.42 Å². The molecule has 1 aromatic carbocycles.